The van der Waals surface area contributed by atoms with Crippen LogP contribution in [-0.4, -0.2) is 58.3 Å². The second kappa shape index (κ2) is 17.6. The van der Waals surface area contributed by atoms with E-state index in [0.717, 1.165) is 61.2 Å². The second-order valence-electron chi connectivity index (χ2n) is 11.3. The van der Waals surface area contributed by atoms with Crippen molar-refractivity contribution in [3.8, 4) is 0 Å². The third-order valence-electron chi connectivity index (χ3n) is 7.76. The SMILES string of the molecule is CN(CCc1ccccn1)C[C@@H]1C[C@H](c2ccc(CO)cc2)O[C@H](c2ccc(NC(=O)CCCCCCC(=O)NO)cc2)O1. The van der Waals surface area contributed by atoms with Crippen molar-refractivity contribution in [2.75, 3.05) is 25.5 Å². The van der Waals surface area contributed by atoms with Gasteiger partial charge in [-0.25, -0.2) is 5.48 Å². The van der Waals surface area contributed by atoms with E-state index in [0.29, 0.717) is 24.9 Å². The van der Waals surface area contributed by atoms with E-state index in [-0.39, 0.29) is 37.0 Å². The topological polar surface area (TPSA) is 133 Å². The number of likely N-dealkylation sites (N-methyl/N-ethyl adjacent to an activating group) is 1. The Morgan fingerprint density at radius 2 is 1.61 bits per heavy atom. The molecule has 236 valence electrons. The number of ether oxygens (including phenoxy) is 2. The summed E-state index contributed by atoms with van der Waals surface area (Å²) < 4.78 is 12.9. The van der Waals surface area contributed by atoms with E-state index in [9.17, 15) is 14.7 Å². The lowest BCUT2D eigenvalue weighted by Gasteiger charge is -2.38. The van der Waals surface area contributed by atoms with Gasteiger partial charge in [0.25, 0.3) is 0 Å². The van der Waals surface area contributed by atoms with Crippen molar-refractivity contribution < 1.29 is 29.4 Å². The zero-order valence-electron chi connectivity index (χ0n) is 25.4. The molecule has 0 unspecified atom stereocenters. The smallest absolute Gasteiger partial charge is 0.243 e. The fourth-order valence-electron chi connectivity index (χ4n) is 5.25. The number of aromatic nitrogens is 1. The van der Waals surface area contributed by atoms with Gasteiger partial charge in [0.1, 0.15) is 0 Å². The average molecular weight is 605 g/mol. The number of nitrogens with one attached hydrogen (secondary N) is 2. The fourth-order valence-corrected chi connectivity index (χ4v) is 5.25. The lowest BCUT2D eigenvalue weighted by atomic mass is 9.99. The first-order chi connectivity index (χ1) is 21.4. The summed E-state index contributed by atoms with van der Waals surface area (Å²) in [7, 11) is 2.09. The third kappa shape index (κ3) is 10.8. The van der Waals surface area contributed by atoms with Crippen molar-refractivity contribution in [3.63, 3.8) is 0 Å². The van der Waals surface area contributed by atoms with Crippen LogP contribution in [0.1, 0.15) is 79.7 Å². The van der Waals surface area contributed by atoms with E-state index in [4.69, 9.17) is 14.7 Å². The molecule has 0 aliphatic carbocycles. The summed E-state index contributed by atoms with van der Waals surface area (Å²) >= 11 is 0. The van der Waals surface area contributed by atoms with Gasteiger partial charge in [-0.2, -0.15) is 0 Å². The molecule has 2 amide bonds. The van der Waals surface area contributed by atoms with Gasteiger partial charge in [0.2, 0.25) is 11.8 Å². The van der Waals surface area contributed by atoms with E-state index >= 15 is 0 Å². The number of pyridine rings is 1. The Labute approximate surface area is 259 Å². The zero-order chi connectivity index (χ0) is 31.1. The zero-order valence-corrected chi connectivity index (χ0v) is 25.4. The van der Waals surface area contributed by atoms with Crippen LogP contribution in [0, 0.1) is 0 Å². The molecule has 1 aromatic heterocycles. The lowest BCUT2D eigenvalue weighted by molar-refractivity contribution is -0.252. The highest BCUT2D eigenvalue weighted by Crippen LogP contribution is 2.38. The molecular formula is C34H44N4O6. The van der Waals surface area contributed by atoms with Crippen LogP contribution >= 0.6 is 0 Å². The Kier molecular flexibility index (Phi) is 13.3. The van der Waals surface area contributed by atoms with Crippen LogP contribution in [0.4, 0.5) is 5.69 Å². The minimum atomic E-state index is -0.571. The molecule has 1 saturated heterocycles. The van der Waals surface area contributed by atoms with Gasteiger partial charge in [0.05, 0.1) is 18.8 Å². The highest BCUT2D eigenvalue weighted by Gasteiger charge is 2.32. The summed E-state index contributed by atoms with van der Waals surface area (Å²) in [4.78, 5) is 30.2. The second-order valence-corrected chi connectivity index (χ2v) is 11.3. The Morgan fingerprint density at radius 3 is 2.27 bits per heavy atom. The largest absolute Gasteiger partial charge is 0.392 e. The van der Waals surface area contributed by atoms with Crippen LogP contribution in [-0.2, 0) is 32.1 Å². The molecule has 3 aromatic rings. The summed E-state index contributed by atoms with van der Waals surface area (Å²) in [5, 5.41) is 21.0. The first-order valence-corrected chi connectivity index (χ1v) is 15.4. The quantitative estimate of drug-likeness (QED) is 0.101. The number of unbranched alkanes of at least 4 members (excludes halogenated alkanes) is 3. The van der Waals surface area contributed by atoms with Gasteiger partial charge in [-0.1, -0.05) is 55.3 Å². The van der Waals surface area contributed by atoms with Gasteiger partial charge < -0.3 is 24.8 Å². The van der Waals surface area contributed by atoms with E-state index in [2.05, 4.69) is 22.2 Å². The maximum atomic E-state index is 12.4. The molecular weight excluding hydrogens is 560 g/mol. The first-order valence-electron chi connectivity index (χ1n) is 15.4. The van der Waals surface area contributed by atoms with Gasteiger partial charge in [0.15, 0.2) is 6.29 Å². The Balaban J connectivity index is 1.33. The molecule has 0 spiro atoms. The van der Waals surface area contributed by atoms with Crippen molar-refractivity contribution in [3.05, 3.63) is 95.3 Å². The molecule has 3 atom stereocenters. The molecule has 2 heterocycles. The maximum Gasteiger partial charge on any atom is 0.243 e. The molecule has 10 nitrogen and oxygen atoms in total. The van der Waals surface area contributed by atoms with Crippen LogP contribution in [0.25, 0.3) is 0 Å². The van der Waals surface area contributed by atoms with Gasteiger partial charge in [0, 0.05) is 61.9 Å². The molecule has 2 aromatic carbocycles. The maximum absolute atomic E-state index is 12.4. The molecule has 4 rings (SSSR count). The molecule has 0 radical (unpaired) electrons. The number of aliphatic hydroxyl groups is 1. The number of aliphatic hydroxyl groups excluding tert-OH is 1. The number of carbonyl (C=O) groups excluding carboxylic acids is 2. The minimum Gasteiger partial charge on any atom is -0.392 e. The summed E-state index contributed by atoms with van der Waals surface area (Å²) in [6, 6.07) is 21.4. The number of amides is 2. The van der Waals surface area contributed by atoms with Crippen LogP contribution in [0.5, 0.6) is 0 Å². The van der Waals surface area contributed by atoms with E-state index < -0.39 is 6.29 Å². The van der Waals surface area contributed by atoms with Gasteiger partial charge in [-0.3, -0.25) is 19.8 Å². The first kappa shape index (κ1) is 33.2. The number of benzene rings is 2. The van der Waals surface area contributed by atoms with Gasteiger partial charge >= 0.3 is 0 Å². The van der Waals surface area contributed by atoms with Gasteiger partial charge in [-0.15, -0.1) is 0 Å². The summed E-state index contributed by atoms with van der Waals surface area (Å²) in [5.41, 5.74) is 6.15. The van der Waals surface area contributed by atoms with Crippen molar-refractivity contribution >= 4 is 17.5 Å². The van der Waals surface area contributed by atoms with Crippen molar-refractivity contribution in [1.29, 1.82) is 0 Å². The Hall–Kier alpha value is -3.67. The number of hydroxylamine groups is 1. The van der Waals surface area contributed by atoms with Crippen LogP contribution in [0.3, 0.4) is 0 Å². The Bertz CT molecular complexity index is 1290. The molecule has 10 heteroatoms. The number of carbonyl (C=O) groups is 2. The van der Waals surface area contributed by atoms with Crippen molar-refractivity contribution in [1.82, 2.24) is 15.4 Å². The van der Waals surface area contributed by atoms with E-state index in [1.54, 1.807) is 5.48 Å². The monoisotopic (exact) mass is 604 g/mol. The summed E-state index contributed by atoms with van der Waals surface area (Å²) in [6.45, 7) is 1.59. The number of anilines is 1. The van der Waals surface area contributed by atoms with Crippen LogP contribution in [0.2, 0.25) is 0 Å². The Morgan fingerprint density at radius 1 is 0.909 bits per heavy atom. The van der Waals surface area contributed by atoms with Crippen LogP contribution in [0.15, 0.2) is 72.9 Å². The number of rotatable bonds is 16. The normalized spacial score (nSPS) is 18.2. The molecule has 4 N–H and O–H groups in total. The molecule has 1 aliphatic rings. The number of hydrogen-bond acceptors (Lipinski definition) is 8. The number of nitrogens with zero attached hydrogens (tertiary/aromatic N) is 2. The molecule has 44 heavy (non-hydrogen) atoms. The fraction of sp³-hybridized carbons (Fsp3) is 0.441. The predicted molar refractivity (Wildman–Crippen MR) is 167 cm³/mol. The summed E-state index contributed by atoms with van der Waals surface area (Å²) in [5.74, 6) is -0.446. The lowest BCUT2D eigenvalue weighted by Crippen LogP contribution is -2.38. The average Bonchev–Trinajstić information content (AvgIpc) is 3.06. The standard InChI is InChI=1S/C34H44N4O6/c1-38(21-19-28-8-6-7-20-35-28)23-30-22-31(26-13-11-25(24-39)12-14-26)44-34(43-30)27-15-17-29(18-16-27)36-32(40)9-4-2-3-5-10-33(41)37-42/h6-8,11-18,20,30-31,34,39,42H,2-5,9-10,19,21-24H2,1H3,(H,36,40)(H,37,41)/t30-,31+,34+/m0/s1. The van der Waals surface area contributed by atoms with Crippen molar-refractivity contribution in [2.24, 2.45) is 0 Å². The highest BCUT2D eigenvalue weighted by atomic mass is 16.7. The predicted octanol–water partition coefficient (Wildman–Crippen LogP) is 5.08. The van der Waals surface area contributed by atoms with Gasteiger partial charge in [-0.05, 0) is 55.3 Å². The van der Waals surface area contributed by atoms with E-state index in [1.807, 2.05) is 72.9 Å². The molecule has 0 saturated carbocycles. The molecule has 0 bridgehead atoms. The molecule has 1 aliphatic heterocycles. The third-order valence-corrected chi connectivity index (χ3v) is 7.76. The van der Waals surface area contributed by atoms with Crippen LogP contribution < -0.4 is 10.8 Å². The summed E-state index contributed by atoms with van der Waals surface area (Å²) in [6.07, 6.45) is 6.31. The van der Waals surface area contributed by atoms with Crippen molar-refractivity contribution in [2.45, 2.75) is 76.5 Å². The minimum absolute atomic E-state index is 0.00434. The number of hydrogen-bond donors (Lipinski definition) is 4. The van der Waals surface area contributed by atoms with E-state index in [1.165, 1.54) is 0 Å². The molecule has 1 fully saturated rings. The highest BCUT2D eigenvalue weighted by molar-refractivity contribution is 5.90.